The van der Waals surface area contributed by atoms with E-state index in [1.165, 1.54) is 6.92 Å². The molecule has 0 saturated heterocycles. The zero-order valence-electron chi connectivity index (χ0n) is 5.87. The molecule has 0 aliphatic carbocycles. The lowest BCUT2D eigenvalue weighted by Crippen LogP contribution is -2.18. The predicted molar refractivity (Wildman–Crippen MR) is 35.1 cm³/mol. The van der Waals surface area contributed by atoms with Gasteiger partial charge in [0.15, 0.2) is 5.78 Å². The lowest BCUT2D eigenvalue weighted by molar-refractivity contribution is -0.134. The van der Waals surface area contributed by atoms with Crippen LogP contribution in [0.5, 0.6) is 0 Å². The van der Waals surface area contributed by atoms with Crippen molar-refractivity contribution >= 4 is 11.8 Å². The van der Waals surface area contributed by atoms with Crippen molar-refractivity contribution < 1.29 is 14.7 Å². The SMILES string of the molecule is CC1=C(C(=O)O)C(=O)CN=N1. The van der Waals surface area contributed by atoms with E-state index < -0.39 is 11.8 Å². The normalized spacial score (nSPS) is 17.4. The number of ketones is 1. The fourth-order valence-electron chi connectivity index (χ4n) is 0.810. The van der Waals surface area contributed by atoms with Crippen molar-refractivity contribution in [2.24, 2.45) is 10.2 Å². The van der Waals surface area contributed by atoms with Crippen LogP contribution in [0.25, 0.3) is 0 Å². The minimum atomic E-state index is -1.23. The quantitative estimate of drug-likeness (QED) is 0.554. The monoisotopic (exact) mass is 154 g/mol. The van der Waals surface area contributed by atoms with Crippen LogP contribution in [-0.2, 0) is 9.59 Å². The number of hydrogen-bond acceptors (Lipinski definition) is 4. The minimum Gasteiger partial charge on any atom is -0.477 e. The highest BCUT2D eigenvalue weighted by Gasteiger charge is 2.22. The maximum absolute atomic E-state index is 10.9. The molecule has 58 valence electrons. The summed E-state index contributed by atoms with van der Waals surface area (Å²) in [6.45, 7) is 1.29. The highest BCUT2D eigenvalue weighted by Crippen LogP contribution is 2.12. The number of allylic oxidation sites excluding steroid dienone is 1. The Morgan fingerprint density at radius 1 is 1.64 bits per heavy atom. The summed E-state index contributed by atoms with van der Waals surface area (Å²) in [6, 6.07) is 0. The van der Waals surface area contributed by atoms with Gasteiger partial charge in [0, 0.05) is 0 Å². The zero-order valence-corrected chi connectivity index (χ0v) is 5.87. The second-order valence-electron chi connectivity index (χ2n) is 2.09. The molecular formula is C6H6N2O3. The van der Waals surface area contributed by atoms with E-state index in [2.05, 4.69) is 10.2 Å². The smallest absolute Gasteiger partial charge is 0.341 e. The number of carbonyl (C=O) groups is 2. The molecule has 0 aromatic carbocycles. The summed E-state index contributed by atoms with van der Waals surface area (Å²) in [5.41, 5.74) is -0.0752. The van der Waals surface area contributed by atoms with Crippen molar-refractivity contribution in [1.82, 2.24) is 0 Å². The fraction of sp³-hybridized carbons (Fsp3) is 0.333. The molecule has 1 rings (SSSR count). The Kier molecular flexibility index (Phi) is 1.80. The molecular weight excluding hydrogens is 148 g/mol. The summed E-state index contributed by atoms with van der Waals surface area (Å²) in [6.07, 6.45) is 0. The molecule has 0 saturated carbocycles. The van der Waals surface area contributed by atoms with Crippen molar-refractivity contribution in [2.75, 3.05) is 6.54 Å². The van der Waals surface area contributed by atoms with Crippen LogP contribution in [0.4, 0.5) is 0 Å². The number of carboxylic acid groups (broad SMARTS) is 1. The van der Waals surface area contributed by atoms with Gasteiger partial charge in [-0.1, -0.05) is 0 Å². The largest absolute Gasteiger partial charge is 0.477 e. The standard InChI is InChI=1S/C6H6N2O3/c1-3-5(6(10)11)4(9)2-7-8-3/h2H2,1H3,(H,10,11). The third-order valence-corrected chi connectivity index (χ3v) is 1.29. The second kappa shape index (κ2) is 2.61. The summed E-state index contributed by atoms with van der Waals surface area (Å²) in [5.74, 6) is -1.71. The number of rotatable bonds is 1. The topological polar surface area (TPSA) is 79.1 Å². The number of aliphatic carboxylic acids is 1. The molecule has 0 bridgehead atoms. The molecule has 0 amide bonds. The molecule has 0 aromatic rings. The maximum atomic E-state index is 10.9. The molecule has 0 atom stereocenters. The molecule has 11 heavy (non-hydrogen) atoms. The number of hydrogen-bond donors (Lipinski definition) is 1. The van der Waals surface area contributed by atoms with Crippen LogP contribution >= 0.6 is 0 Å². The number of carboxylic acids is 1. The molecule has 1 aliphatic rings. The second-order valence-corrected chi connectivity index (χ2v) is 2.09. The molecule has 0 fully saturated rings. The lowest BCUT2D eigenvalue weighted by atomic mass is 10.1. The van der Waals surface area contributed by atoms with Crippen LogP contribution in [0.2, 0.25) is 0 Å². The van der Waals surface area contributed by atoms with E-state index >= 15 is 0 Å². The first-order valence-electron chi connectivity index (χ1n) is 2.98. The molecule has 1 aliphatic heterocycles. The van der Waals surface area contributed by atoms with Gasteiger partial charge in [-0.15, -0.1) is 0 Å². The van der Waals surface area contributed by atoms with Gasteiger partial charge in [0.2, 0.25) is 0 Å². The summed E-state index contributed by atoms with van der Waals surface area (Å²) in [7, 11) is 0. The van der Waals surface area contributed by atoms with Gasteiger partial charge in [-0.05, 0) is 6.92 Å². The number of nitrogens with zero attached hydrogens (tertiary/aromatic N) is 2. The van der Waals surface area contributed by atoms with E-state index in [-0.39, 0.29) is 17.8 Å². The van der Waals surface area contributed by atoms with Crippen LogP contribution in [0, 0.1) is 0 Å². The molecule has 0 unspecified atom stereocenters. The van der Waals surface area contributed by atoms with Crippen LogP contribution in [0.3, 0.4) is 0 Å². The summed E-state index contributed by atoms with van der Waals surface area (Å²) >= 11 is 0. The van der Waals surface area contributed by atoms with Crippen molar-refractivity contribution in [3.63, 3.8) is 0 Å². The molecule has 0 aromatic heterocycles. The van der Waals surface area contributed by atoms with Crippen LogP contribution in [-0.4, -0.2) is 23.4 Å². The Morgan fingerprint density at radius 2 is 2.27 bits per heavy atom. The Labute approximate surface area is 62.4 Å². The van der Waals surface area contributed by atoms with E-state index in [1.807, 2.05) is 0 Å². The predicted octanol–water partition coefficient (Wildman–Crippen LogP) is 0.380. The van der Waals surface area contributed by atoms with Gasteiger partial charge in [0.1, 0.15) is 12.1 Å². The minimum absolute atomic E-state index is 0.154. The average molecular weight is 154 g/mol. The van der Waals surface area contributed by atoms with E-state index in [9.17, 15) is 9.59 Å². The third kappa shape index (κ3) is 1.31. The molecule has 0 spiro atoms. The molecule has 1 N–H and O–H groups in total. The Hall–Kier alpha value is -1.52. The first-order valence-corrected chi connectivity index (χ1v) is 2.98. The van der Waals surface area contributed by atoms with Gasteiger partial charge in [-0.2, -0.15) is 10.2 Å². The highest BCUT2D eigenvalue weighted by atomic mass is 16.4. The van der Waals surface area contributed by atoms with Gasteiger partial charge < -0.3 is 5.11 Å². The van der Waals surface area contributed by atoms with Crippen molar-refractivity contribution in [3.05, 3.63) is 11.3 Å². The first-order chi connectivity index (χ1) is 5.13. The first kappa shape index (κ1) is 7.59. The van der Waals surface area contributed by atoms with Crippen LogP contribution in [0.15, 0.2) is 21.5 Å². The lowest BCUT2D eigenvalue weighted by Gasteiger charge is -2.04. The van der Waals surface area contributed by atoms with Gasteiger partial charge in [0.05, 0.1) is 5.70 Å². The molecule has 5 nitrogen and oxygen atoms in total. The highest BCUT2D eigenvalue weighted by molar-refractivity contribution is 6.18. The Bertz CT molecular complexity index is 278. The van der Waals surface area contributed by atoms with Gasteiger partial charge in [-0.25, -0.2) is 4.79 Å². The van der Waals surface area contributed by atoms with E-state index in [0.29, 0.717) is 0 Å². The molecule has 0 radical (unpaired) electrons. The van der Waals surface area contributed by atoms with E-state index in [1.54, 1.807) is 0 Å². The average Bonchev–Trinajstić information content (AvgIpc) is 1.85. The number of azo groups is 1. The summed E-state index contributed by atoms with van der Waals surface area (Å²) < 4.78 is 0. The molecule has 1 heterocycles. The van der Waals surface area contributed by atoms with Gasteiger partial charge >= 0.3 is 5.97 Å². The van der Waals surface area contributed by atoms with Gasteiger partial charge in [0.25, 0.3) is 0 Å². The Morgan fingerprint density at radius 3 is 2.64 bits per heavy atom. The van der Waals surface area contributed by atoms with E-state index in [4.69, 9.17) is 5.11 Å². The summed E-state index contributed by atoms with van der Waals surface area (Å²) in [5, 5.41) is 15.4. The maximum Gasteiger partial charge on any atom is 0.341 e. The zero-order chi connectivity index (χ0) is 8.43. The fourth-order valence-corrected chi connectivity index (χ4v) is 0.810. The van der Waals surface area contributed by atoms with Crippen molar-refractivity contribution in [3.8, 4) is 0 Å². The number of carbonyl (C=O) groups excluding carboxylic acids is 1. The van der Waals surface area contributed by atoms with Gasteiger partial charge in [-0.3, -0.25) is 4.79 Å². The molecule has 5 heteroatoms. The summed E-state index contributed by atoms with van der Waals surface area (Å²) in [4.78, 5) is 21.2. The van der Waals surface area contributed by atoms with Crippen LogP contribution < -0.4 is 0 Å². The number of Topliss-reactive ketones (excluding diaryl/α,β-unsaturated/α-hetero) is 1. The Balaban J connectivity index is 3.11. The van der Waals surface area contributed by atoms with Crippen LogP contribution in [0.1, 0.15) is 6.92 Å². The third-order valence-electron chi connectivity index (χ3n) is 1.29. The van der Waals surface area contributed by atoms with E-state index in [0.717, 1.165) is 0 Å². The van der Waals surface area contributed by atoms with Crippen molar-refractivity contribution in [2.45, 2.75) is 6.92 Å². The van der Waals surface area contributed by atoms with Crippen molar-refractivity contribution in [1.29, 1.82) is 0 Å².